The maximum atomic E-state index is 3.49. The van der Waals surface area contributed by atoms with Crippen molar-refractivity contribution in [2.75, 3.05) is 26.2 Å². The first-order chi connectivity index (χ1) is 9.33. The second kappa shape index (κ2) is 8.26. The average molecular weight is 266 g/mol. The second-order valence-electron chi connectivity index (χ2n) is 6.79. The SMILES string of the molecule is CCCCC(CC)CN(CC1CCNCC1)C1CC1. The van der Waals surface area contributed by atoms with Gasteiger partial charge in [0.2, 0.25) is 0 Å². The molecule has 1 heterocycles. The third-order valence-electron chi connectivity index (χ3n) is 5.05. The van der Waals surface area contributed by atoms with Crippen LogP contribution in [-0.2, 0) is 0 Å². The van der Waals surface area contributed by atoms with Gasteiger partial charge in [0.25, 0.3) is 0 Å². The Hall–Kier alpha value is -0.0800. The Morgan fingerprint density at radius 3 is 2.42 bits per heavy atom. The predicted molar refractivity (Wildman–Crippen MR) is 83.5 cm³/mol. The molecular weight excluding hydrogens is 232 g/mol. The molecule has 0 bridgehead atoms. The van der Waals surface area contributed by atoms with E-state index in [2.05, 4.69) is 24.1 Å². The van der Waals surface area contributed by atoms with Crippen LogP contribution in [0, 0.1) is 11.8 Å². The Morgan fingerprint density at radius 2 is 1.84 bits per heavy atom. The lowest BCUT2D eigenvalue weighted by Gasteiger charge is -2.32. The number of nitrogens with zero attached hydrogens (tertiary/aromatic N) is 1. The lowest BCUT2D eigenvalue weighted by molar-refractivity contribution is 0.165. The van der Waals surface area contributed by atoms with Gasteiger partial charge in [0, 0.05) is 19.1 Å². The van der Waals surface area contributed by atoms with Gasteiger partial charge in [-0.05, 0) is 57.0 Å². The minimum absolute atomic E-state index is 0.947. The fourth-order valence-corrected chi connectivity index (χ4v) is 3.46. The van der Waals surface area contributed by atoms with Crippen LogP contribution < -0.4 is 5.32 Å². The van der Waals surface area contributed by atoms with E-state index in [4.69, 9.17) is 0 Å². The zero-order chi connectivity index (χ0) is 13.5. The van der Waals surface area contributed by atoms with E-state index in [1.165, 1.54) is 77.5 Å². The molecule has 1 saturated heterocycles. The molecule has 0 spiro atoms. The maximum Gasteiger partial charge on any atom is 0.00966 e. The molecule has 2 rings (SSSR count). The molecule has 19 heavy (non-hydrogen) atoms. The quantitative estimate of drug-likeness (QED) is 0.685. The molecule has 0 amide bonds. The standard InChI is InChI=1S/C17H34N2/c1-3-5-6-15(4-2)13-19(17-7-8-17)14-16-9-11-18-12-10-16/h15-18H,3-14H2,1-2H3. The number of unbranched alkanes of at least 4 members (excludes halogenated alkanes) is 1. The summed E-state index contributed by atoms with van der Waals surface area (Å²) >= 11 is 0. The second-order valence-corrected chi connectivity index (χ2v) is 6.79. The van der Waals surface area contributed by atoms with Crippen LogP contribution in [0.25, 0.3) is 0 Å². The van der Waals surface area contributed by atoms with E-state index in [1.807, 2.05) is 0 Å². The van der Waals surface area contributed by atoms with Crippen LogP contribution in [0.1, 0.15) is 65.2 Å². The largest absolute Gasteiger partial charge is 0.317 e. The molecule has 2 nitrogen and oxygen atoms in total. The Kier molecular flexibility index (Phi) is 6.66. The van der Waals surface area contributed by atoms with Gasteiger partial charge in [0.05, 0.1) is 0 Å². The summed E-state index contributed by atoms with van der Waals surface area (Å²) in [7, 11) is 0. The van der Waals surface area contributed by atoms with Gasteiger partial charge in [-0.15, -0.1) is 0 Å². The van der Waals surface area contributed by atoms with Crippen molar-refractivity contribution in [3.05, 3.63) is 0 Å². The zero-order valence-corrected chi connectivity index (χ0v) is 13.2. The van der Waals surface area contributed by atoms with Crippen molar-refractivity contribution in [1.82, 2.24) is 10.2 Å². The summed E-state index contributed by atoms with van der Waals surface area (Å²) in [5.74, 6) is 1.91. The summed E-state index contributed by atoms with van der Waals surface area (Å²) < 4.78 is 0. The minimum atomic E-state index is 0.947. The Bertz CT molecular complexity index is 231. The van der Waals surface area contributed by atoms with Crippen LogP contribution >= 0.6 is 0 Å². The van der Waals surface area contributed by atoms with E-state index < -0.39 is 0 Å². The minimum Gasteiger partial charge on any atom is -0.317 e. The van der Waals surface area contributed by atoms with Gasteiger partial charge in [0.15, 0.2) is 0 Å². The summed E-state index contributed by atoms with van der Waals surface area (Å²) in [5, 5.41) is 3.49. The Balaban J connectivity index is 1.77. The highest BCUT2D eigenvalue weighted by Gasteiger charge is 2.31. The highest BCUT2D eigenvalue weighted by Crippen LogP contribution is 2.30. The molecule has 112 valence electrons. The Morgan fingerprint density at radius 1 is 1.11 bits per heavy atom. The third-order valence-corrected chi connectivity index (χ3v) is 5.05. The normalized spacial score (nSPS) is 22.9. The molecule has 1 aliphatic heterocycles. The van der Waals surface area contributed by atoms with Gasteiger partial charge >= 0.3 is 0 Å². The van der Waals surface area contributed by atoms with Crippen molar-refractivity contribution in [3.8, 4) is 0 Å². The van der Waals surface area contributed by atoms with E-state index in [0.717, 1.165) is 17.9 Å². The predicted octanol–water partition coefficient (Wildman–Crippen LogP) is 3.67. The summed E-state index contributed by atoms with van der Waals surface area (Å²) in [5.41, 5.74) is 0. The molecule has 2 aliphatic rings. The van der Waals surface area contributed by atoms with Crippen LogP contribution in [0.15, 0.2) is 0 Å². The molecule has 0 radical (unpaired) electrons. The topological polar surface area (TPSA) is 15.3 Å². The fraction of sp³-hybridized carbons (Fsp3) is 1.00. The summed E-state index contributed by atoms with van der Waals surface area (Å²) in [6.07, 6.45) is 11.3. The average Bonchev–Trinajstić information content (AvgIpc) is 3.28. The molecule has 2 heteroatoms. The lowest BCUT2D eigenvalue weighted by Crippen LogP contribution is -2.39. The van der Waals surface area contributed by atoms with Gasteiger partial charge < -0.3 is 5.32 Å². The molecule has 1 unspecified atom stereocenters. The van der Waals surface area contributed by atoms with Crippen LogP contribution in [0.5, 0.6) is 0 Å². The lowest BCUT2D eigenvalue weighted by atomic mass is 9.95. The van der Waals surface area contributed by atoms with E-state index in [0.29, 0.717) is 0 Å². The maximum absolute atomic E-state index is 3.49. The van der Waals surface area contributed by atoms with E-state index >= 15 is 0 Å². The zero-order valence-electron chi connectivity index (χ0n) is 13.2. The van der Waals surface area contributed by atoms with Crippen molar-refractivity contribution in [3.63, 3.8) is 0 Å². The van der Waals surface area contributed by atoms with Crippen molar-refractivity contribution >= 4 is 0 Å². The van der Waals surface area contributed by atoms with Gasteiger partial charge in [-0.25, -0.2) is 0 Å². The number of rotatable bonds is 9. The van der Waals surface area contributed by atoms with Crippen molar-refractivity contribution < 1.29 is 0 Å². The highest BCUT2D eigenvalue weighted by molar-refractivity contribution is 4.87. The molecule has 1 aliphatic carbocycles. The summed E-state index contributed by atoms with van der Waals surface area (Å²) in [6.45, 7) is 9.96. The number of nitrogens with one attached hydrogen (secondary N) is 1. The van der Waals surface area contributed by atoms with Crippen LogP contribution in [0.4, 0.5) is 0 Å². The number of hydrogen-bond donors (Lipinski definition) is 1. The molecule has 0 aromatic carbocycles. The van der Waals surface area contributed by atoms with E-state index in [1.54, 1.807) is 0 Å². The molecule has 0 aromatic rings. The monoisotopic (exact) mass is 266 g/mol. The van der Waals surface area contributed by atoms with Gasteiger partial charge in [-0.2, -0.15) is 0 Å². The van der Waals surface area contributed by atoms with Crippen LogP contribution in [0.3, 0.4) is 0 Å². The molecule has 1 saturated carbocycles. The van der Waals surface area contributed by atoms with Crippen LogP contribution in [0.2, 0.25) is 0 Å². The van der Waals surface area contributed by atoms with E-state index in [9.17, 15) is 0 Å². The number of piperidine rings is 1. The van der Waals surface area contributed by atoms with Gasteiger partial charge in [-0.1, -0.05) is 33.1 Å². The van der Waals surface area contributed by atoms with Crippen LogP contribution in [-0.4, -0.2) is 37.1 Å². The van der Waals surface area contributed by atoms with Gasteiger partial charge in [0.1, 0.15) is 0 Å². The molecule has 2 fully saturated rings. The highest BCUT2D eigenvalue weighted by atomic mass is 15.2. The number of hydrogen-bond acceptors (Lipinski definition) is 2. The van der Waals surface area contributed by atoms with Crippen molar-refractivity contribution in [2.24, 2.45) is 11.8 Å². The van der Waals surface area contributed by atoms with Crippen molar-refractivity contribution in [1.29, 1.82) is 0 Å². The first kappa shape index (κ1) is 15.3. The first-order valence-corrected chi connectivity index (χ1v) is 8.78. The summed E-state index contributed by atoms with van der Waals surface area (Å²) in [6, 6.07) is 0.950. The molecule has 1 atom stereocenters. The van der Waals surface area contributed by atoms with Crippen molar-refractivity contribution in [2.45, 2.75) is 71.3 Å². The molecule has 1 N–H and O–H groups in total. The molecular formula is C17H34N2. The van der Waals surface area contributed by atoms with Gasteiger partial charge in [-0.3, -0.25) is 4.90 Å². The summed E-state index contributed by atoms with van der Waals surface area (Å²) in [4.78, 5) is 2.86. The van der Waals surface area contributed by atoms with E-state index in [-0.39, 0.29) is 0 Å². The third kappa shape index (κ3) is 5.43. The Labute approximate surface area is 120 Å². The molecule has 0 aromatic heterocycles. The first-order valence-electron chi connectivity index (χ1n) is 8.78. The fourth-order valence-electron chi connectivity index (χ4n) is 3.46. The smallest absolute Gasteiger partial charge is 0.00966 e.